The molecule has 0 bridgehead atoms. The van der Waals surface area contributed by atoms with Gasteiger partial charge >= 0.3 is 0 Å². The predicted octanol–water partition coefficient (Wildman–Crippen LogP) is 5.40. The topological polar surface area (TPSA) is 93.1 Å². The number of rotatable bonds is 6. The van der Waals surface area contributed by atoms with Crippen molar-refractivity contribution in [1.82, 2.24) is 9.55 Å². The highest BCUT2D eigenvalue weighted by atomic mass is 32.1. The largest absolute Gasteiger partial charge is 0.325 e. The first kappa shape index (κ1) is 24.3. The zero-order chi connectivity index (χ0) is 25.3. The third-order valence-corrected chi connectivity index (χ3v) is 7.13. The van der Waals surface area contributed by atoms with Gasteiger partial charge in [0.15, 0.2) is 0 Å². The fourth-order valence-electron chi connectivity index (χ4n) is 3.93. The average molecular weight is 489 g/mol. The monoisotopic (exact) mass is 488 g/mol. The number of hydrogen-bond donors (Lipinski definition) is 2. The summed E-state index contributed by atoms with van der Waals surface area (Å²) in [7, 11) is 0. The molecule has 2 amide bonds. The Kier molecular flexibility index (Phi) is 6.84. The molecule has 0 radical (unpaired) electrons. The third-order valence-electron chi connectivity index (χ3n) is 5.93. The van der Waals surface area contributed by atoms with Crippen LogP contribution in [0.1, 0.15) is 51.7 Å². The van der Waals surface area contributed by atoms with Crippen LogP contribution < -0.4 is 16.2 Å². The number of nitrogens with one attached hydrogen (secondary N) is 2. The Morgan fingerprint density at radius 2 is 1.74 bits per heavy atom. The van der Waals surface area contributed by atoms with Crippen LogP contribution in [0.3, 0.4) is 0 Å². The van der Waals surface area contributed by atoms with Crippen molar-refractivity contribution in [3.8, 4) is 0 Å². The van der Waals surface area contributed by atoms with Crippen LogP contribution in [-0.2, 0) is 11.3 Å². The molecule has 0 atom stereocenters. The number of carbonyl (C=O) groups is 2. The Labute approximate surface area is 207 Å². The van der Waals surface area contributed by atoms with Gasteiger partial charge in [-0.3, -0.25) is 19.0 Å². The standard InChI is InChI=1S/C27H28N4O3S/c1-15(2)19-7-9-20(10-8-19)29-22(32)13-31-14-28-26-23(27(31)34)18(5)24(35-26)25(33)30-21-11-6-16(3)12-17(21)4/h6-12,14-15H,13H2,1-5H3,(H,29,32)(H,30,33). The molecule has 2 aromatic carbocycles. The van der Waals surface area contributed by atoms with Gasteiger partial charge < -0.3 is 10.6 Å². The maximum Gasteiger partial charge on any atom is 0.266 e. The molecule has 0 aliphatic heterocycles. The molecule has 8 heteroatoms. The molecule has 0 spiro atoms. The summed E-state index contributed by atoms with van der Waals surface area (Å²) in [5.74, 6) is -0.213. The van der Waals surface area contributed by atoms with E-state index >= 15 is 0 Å². The molecule has 0 saturated carbocycles. The molecule has 2 aromatic heterocycles. The van der Waals surface area contributed by atoms with Gasteiger partial charge in [0.05, 0.1) is 16.6 Å². The number of thiophene rings is 1. The summed E-state index contributed by atoms with van der Waals surface area (Å²) in [6, 6.07) is 13.4. The molecule has 4 aromatic rings. The number of benzene rings is 2. The first-order valence-corrected chi connectivity index (χ1v) is 12.2. The first-order chi connectivity index (χ1) is 16.6. The van der Waals surface area contributed by atoms with Crippen molar-refractivity contribution >= 4 is 44.7 Å². The summed E-state index contributed by atoms with van der Waals surface area (Å²) in [4.78, 5) is 44.0. The Hall–Kier alpha value is -3.78. The van der Waals surface area contributed by atoms with E-state index in [4.69, 9.17) is 0 Å². The second-order valence-corrected chi connectivity index (χ2v) is 10.0. The molecule has 0 saturated heterocycles. The second kappa shape index (κ2) is 9.84. The number of anilines is 2. The maximum absolute atomic E-state index is 13.2. The number of nitrogens with zero attached hydrogens (tertiary/aromatic N) is 2. The van der Waals surface area contributed by atoms with Gasteiger partial charge in [-0.1, -0.05) is 43.7 Å². The van der Waals surface area contributed by atoms with Crippen molar-refractivity contribution in [3.05, 3.63) is 86.3 Å². The molecular weight excluding hydrogens is 460 g/mol. The van der Waals surface area contributed by atoms with Crippen LogP contribution in [0.15, 0.2) is 53.6 Å². The van der Waals surface area contributed by atoms with Crippen molar-refractivity contribution in [3.63, 3.8) is 0 Å². The summed E-state index contributed by atoms with van der Waals surface area (Å²) >= 11 is 1.17. The molecule has 4 rings (SSSR count). The number of carbonyl (C=O) groups excluding carboxylic acids is 2. The Bertz CT molecular complexity index is 1480. The van der Waals surface area contributed by atoms with Crippen molar-refractivity contribution in [1.29, 1.82) is 0 Å². The van der Waals surface area contributed by atoms with Gasteiger partial charge in [-0.15, -0.1) is 11.3 Å². The van der Waals surface area contributed by atoms with Gasteiger partial charge in [-0.25, -0.2) is 4.98 Å². The molecule has 2 heterocycles. The van der Waals surface area contributed by atoms with Crippen molar-refractivity contribution in [2.75, 3.05) is 10.6 Å². The lowest BCUT2D eigenvalue weighted by molar-refractivity contribution is -0.116. The van der Waals surface area contributed by atoms with Gasteiger partial charge in [0.2, 0.25) is 5.91 Å². The molecule has 35 heavy (non-hydrogen) atoms. The summed E-state index contributed by atoms with van der Waals surface area (Å²) in [5, 5.41) is 6.11. The lowest BCUT2D eigenvalue weighted by atomic mass is 10.0. The number of hydrogen-bond acceptors (Lipinski definition) is 5. The fourth-order valence-corrected chi connectivity index (χ4v) is 4.96. The second-order valence-electron chi connectivity index (χ2n) is 9.01. The highest BCUT2D eigenvalue weighted by molar-refractivity contribution is 7.20. The van der Waals surface area contributed by atoms with E-state index in [9.17, 15) is 14.4 Å². The summed E-state index contributed by atoms with van der Waals surface area (Å²) in [5.41, 5.74) is 4.85. The van der Waals surface area contributed by atoms with Gasteiger partial charge in [-0.2, -0.15) is 0 Å². The molecule has 0 fully saturated rings. The molecule has 180 valence electrons. The van der Waals surface area contributed by atoms with E-state index in [1.54, 1.807) is 6.92 Å². The number of aryl methyl sites for hydroxylation is 3. The predicted molar refractivity (Wildman–Crippen MR) is 142 cm³/mol. The summed E-state index contributed by atoms with van der Waals surface area (Å²) in [6.07, 6.45) is 1.36. The molecule has 0 aliphatic carbocycles. The molecular formula is C27H28N4O3S. The van der Waals surface area contributed by atoms with Gasteiger partial charge in [-0.05, 0) is 61.6 Å². The highest BCUT2D eigenvalue weighted by Crippen LogP contribution is 2.28. The van der Waals surface area contributed by atoms with Crippen molar-refractivity contribution in [2.24, 2.45) is 0 Å². The number of amides is 2. The van der Waals surface area contributed by atoms with Gasteiger partial charge in [0.25, 0.3) is 11.5 Å². The summed E-state index contributed by atoms with van der Waals surface area (Å²) < 4.78 is 1.27. The molecule has 0 aliphatic rings. The Morgan fingerprint density at radius 1 is 1.03 bits per heavy atom. The van der Waals surface area contributed by atoms with E-state index in [0.29, 0.717) is 32.3 Å². The SMILES string of the molecule is Cc1ccc(NC(=O)c2sc3ncn(CC(=O)Nc4ccc(C(C)C)cc4)c(=O)c3c2C)c(C)c1. The molecule has 2 N–H and O–H groups in total. The van der Waals surface area contributed by atoms with Crippen molar-refractivity contribution in [2.45, 2.75) is 47.1 Å². The van der Waals surface area contributed by atoms with Crippen LogP contribution >= 0.6 is 11.3 Å². The van der Waals surface area contributed by atoms with E-state index < -0.39 is 0 Å². The molecule has 7 nitrogen and oxygen atoms in total. The smallest absolute Gasteiger partial charge is 0.266 e. The average Bonchev–Trinajstić information content (AvgIpc) is 3.15. The zero-order valence-corrected chi connectivity index (χ0v) is 21.2. The third kappa shape index (κ3) is 5.17. The van der Waals surface area contributed by atoms with Gasteiger partial charge in [0, 0.05) is 11.4 Å². The Balaban J connectivity index is 1.54. The highest BCUT2D eigenvalue weighted by Gasteiger charge is 2.20. The van der Waals surface area contributed by atoms with E-state index in [2.05, 4.69) is 29.5 Å². The van der Waals surface area contributed by atoms with Crippen LogP contribution in [0.5, 0.6) is 0 Å². The van der Waals surface area contributed by atoms with E-state index in [1.165, 1.54) is 27.8 Å². The van der Waals surface area contributed by atoms with E-state index in [-0.39, 0.29) is 23.9 Å². The van der Waals surface area contributed by atoms with Crippen LogP contribution in [-0.4, -0.2) is 21.4 Å². The minimum absolute atomic E-state index is 0.174. The van der Waals surface area contributed by atoms with Gasteiger partial charge in [0.1, 0.15) is 11.4 Å². The molecule has 0 unspecified atom stereocenters. The van der Waals surface area contributed by atoms with Crippen molar-refractivity contribution < 1.29 is 9.59 Å². The normalized spacial score (nSPS) is 11.1. The lowest BCUT2D eigenvalue weighted by Crippen LogP contribution is -2.28. The summed E-state index contributed by atoms with van der Waals surface area (Å²) in [6.45, 7) is 9.70. The zero-order valence-electron chi connectivity index (χ0n) is 20.4. The Morgan fingerprint density at radius 3 is 2.40 bits per heavy atom. The quantitative estimate of drug-likeness (QED) is 0.380. The van der Waals surface area contributed by atoms with Crippen LogP contribution in [0.2, 0.25) is 0 Å². The van der Waals surface area contributed by atoms with Crippen LogP contribution in [0.25, 0.3) is 10.2 Å². The minimum Gasteiger partial charge on any atom is -0.325 e. The number of fused-ring (bicyclic) bond motifs is 1. The van der Waals surface area contributed by atoms with Crippen LogP contribution in [0, 0.1) is 20.8 Å². The first-order valence-electron chi connectivity index (χ1n) is 11.4. The fraction of sp³-hybridized carbons (Fsp3) is 0.259. The minimum atomic E-state index is -0.348. The van der Waals surface area contributed by atoms with Crippen LogP contribution in [0.4, 0.5) is 11.4 Å². The van der Waals surface area contributed by atoms with E-state index in [1.807, 2.05) is 56.3 Å². The lowest BCUT2D eigenvalue weighted by Gasteiger charge is -2.09. The number of aromatic nitrogens is 2. The van der Waals surface area contributed by atoms with E-state index in [0.717, 1.165) is 16.8 Å². The maximum atomic E-state index is 13.2.